The Bertz CT molecular complexity index is 2160. The van der Waals surface area contributed by atoms with Gasteiger partial charge in [0.2, 0.25) is 5.91 Å². The lowest BCUT2D eigenvalue weighted by atomic mass is 9.98. The number of carbonyl (C=O) groups excluding carboxylic acids is 1. The maximum Gasteiger partial charge on any atom is 0.275 e. The normalized spacial score (nSPS) is 17.0. The second-order valence-electron chi connectivity index (χ2n) is 12.8. The molecule has 0 radical (unpaired) electrons. The molecule has 0 unspecified atom stereocenters. The second-order valence-corrected chi connectivity index (χ2v) is 14.6. The van der Waals surface area contributed by atoms with Crippen molar-refractivity contribution in [2.75, 3.05) is 33.4 Å². The summed E-state index contributed by atoms with van der Waals surface area (Å²) < 4.78 is 41.7. The zero-order chi connectivity index (χ0) is 35.0. The van der Waals surface area contributed by atoms with Crippen LogP contribution in [-0.2, 0) is 21.9 Å². The summed E-state index contributed by atoms with van der Waals surface area (Å²) in [5, 5.41) is 0.510. The quantitative estimate of drug-likeness (QED) is 0.201. The summed E-state index contributed by atoms with van der Waals surface area (Å²) in [4.78, 5) is 29.6. The molecule has 1 aliphatic rings. The number of fused-ring (bicyclic) bond motifs is 1. The summed E-state index contributed by atoms with van der Waals surface area (Å²) in [7, 11) is -0.811. The minimum absolute atomic E-state index is 0.0736. The molecule has 0 bridgehead atoms. The lowest BCUT2D eigenvalue weighted by molar-refractivity contribution is -0.133. The van der Waals surface area contributed by atoms with E-state index in [1.54, 1.807) is 57.6 Å². The van der Waals surface area contributed by atoms with E-state index in [2.05, 4.69) is 18.7 Å². The molecule has 49 heavy (non-hydrogen) atoms. The number of methoxy groups -OCH3 is 1. The summed E-state index contributed by atoms with van der Waals surface area (Å²) in [6.07, 6.45) is 3.15. The van der Waals surface area contributed by atoms with Gasteiger partial charge in [-0.3, -0.25) is 14.5 Å². The number of benzene rings is 3. The van der Waals surface area contributed by atoms with Gasteiger partial charge in [-0.25, -0.2) is 12.4 Å². The molecule has 2 atom stereocenters. The van der Waals surface area contributed by atoms with E-state index in [0.717, 1.165) is 51.6 Å². The molecule has 0 N–H and O–H groups in total. The molecule has 1 fully saturated rings. The lowest BCUT2D eigenvalue weighted by Gasteiger charge is -2.44. The number of pyridine rings is 1. The van der Waals surface area contributed by atoms with Crippen molar-refractivity contribution in [3.63, 3.8) is 0 Å². The largest absolute Gasteiger partial charge is 0.496 e. The number of piperazine rings is 1. The first-order valence-electron chi connectivity index (χ1n) is 16.3. The molecule has 2 aromatic heterocycles. The minimum Gasteiger partial charge on any atom is -0.496 e. The maximum absolute atomic E-state index is 13.6. The Labute approximate surface area is 287 Å². The first-order chi connectivity index (χ1) is 23.4. The molecule has 0 aliphatic carbocycles. The predicted molar refractivity (Wildman–Crippen MR) is 192 cm³/mol. The zero-order valence-corrected chi connectivity index (χ0v) is 29.5. The van der Waals surface area contributed by atoms with Gasteiger partial charge in [0.15, 0.2) is 0 Å². The third kappa shape index (κ3) is 6.60. The van der Waals surface area contributed by atoms with Gasteiger partial charge >= 0.3 is 0 Å². The van der Waals surface area contributed by atoms with Crippen molar-refractivity contribution in [2.24, 2.45) is 7.05 Å². The molecule has 5 aromatic rings. The number of rotatable bonds is 9. The summed E-state index contributed by atoms with van der Waals surface area (Å²) in [6.45, 7) is 10.6. The first-order valence-corrected chi connectivity index (χ1v) is 17.8. The van der Waals surface area contributed by atoms with Gasteiger partial charge < -0.3 is 18.9 Å². The van der Waals surface area contributed by atoms with Crippen LogP contribution in [0.4, 0.5) is 0 Å². The van der Waals surface area contributed by atoms with Gasteiger partial charge in [-0.2, -0.15) is 0 Å². The van der Waals surface area contributed by atoms with E-state index in [1.807, 2.05) is 54.3 Å². The molecule has 3 heterocycles. The topological polar surface area (TPSA) is 103 Å². The van der Waals surface area contributed by atoms with Gasteiger partial charge in [0.1, 0.15) is 23.6 Å². The standard InChI is InChI=1S/C38H42N4O6S/c1-25-7-14-32(15-8-25)49(45,46)42-18-17-34-35(24-39(5)38(44)37(34)42)33-16-11-30(21-36(33)47-6)29-9-12-31(13-10-29)48-20-19-41-26(2)22-40(28(4)43)23-27(41)3/h7-18,21,24,26-27H,19-20,22-23H2,1-6H3/t26-,27+. The van der Waals surface area contributed by atoms with E-state index in [-0.39, 0.29) is 28.4 Å². The highest BCUT2D eigenvalue weighted by molar-refractivity contribution is 7.90. The van der Waals surface area contributed by atoms with Gasteiger partial charge in [0.25, 0.3) is 15.6 Å². The average molecular weight is 683 g/mol. The zero-order valence-electron chi connectivity index (χ0n) is 28.7. The van der Waals surface area contributed by atoms with Crippen LogP contribution >= 0.6 is 0 Å². The number of aromatic nitrogens is 2. The highest BCUT2D eigenvalue weighted by Gasteiger charge is 2.30. The van der Waals surface area contributed by atoms with Crippen molar-refractivity contribution in [1.82, 2.24) is 18.3 Å². The molecule has 0 saturated carbocycles. The van der Waals surface area contributed by atoms with E-state index < -0.39 is 15.6 Å². The monoisotopic (exact) mass is 682 g/mol. The van der Waals surface area contributed by atoms with Crippen molar-refractivity contribution in [3.05, 3.63) is 101 Å². The SMILES string of the molecule is COc1cc(-c2ccc(OCCN3[C@H](C)CN(C(C)=O)C[C@@H]3C)cc2)ccc1-c1cn(C)c(=O)c2c1ccn2S(=O)(=O)c1ccc(C)cc1. The van der Waals surface area contributed by atoms with Crippen molar-refractivity contribution in [1.29, 1.82) is 0 Å². The molecule has 1 amide bonds. The Morgan fingerprint density at radius 1 is 0.898 bits per heavy atom. The van der Waals surface area contributed by atoms with Gasteiger partial charge in [-0.15, -0.1) is 0 Å². The van der Waals surface area contributed by atoms with Crippen LogP contribution in [0, 0.1) is 6.92 Å². The Balaban J connectivity index is 1.23. The summed E-state index contributed by atoms with van der Waals surface area (Å²) in [5.41, 5.74) is 3.89. The van der Waals surface area contributed by atoms with Crippen LogP contribution in [0.25, 0.3) is 33.2 Å². The maximum atomic E-state index is 13.6. The van der Waals surface area contributed by atoms with Crippen LogP contribution in [0.1, 0.15) is 26.3 Å². The molecule has 1 saturated heterocycles. The molecular formula is C38H42N4O6S. The highest BCUT2D eigenvalue weighted by Crippen LogP contribution is 2.38. The number of hydrogen-bond donors (Lipinski definition) is 0. The molecule has 0 spiro atoms. The van der Waals surface area contributed by atoms with Gasteiger partial charge in [0.05, 0.1) is 12.0 Å². The second kappa shape index (κ2) is 13.6. The Kier molecular flexibility index (Phi) is 9.41. The molecule has 10 nitrogen and oxygen atoms in total. The number of carbonyl (C=O) groups is 1. The van der Waals surface area contributed by atoms with E-state index in [0.29, 0.717) is 23.3 Å². The fourth-order valence-corrected chi connectivity index (χ4v) is 8.07. The van der Waals surface area contributed by atoms with Gasteiger partial charge in [-0.1, -0.05) is 35.9 Å². The number of hydrogen-bond acceptors (Lipinski definition) is 7. The fraction of sp³-hybridized carbons (Fsp3) is 0.316. The van der Waals surface area contributed by atoms with Gasteiger partial charge in [0, 0.05) is 74.6 Å². The first kappa shape index (κ1) is 34.0. The third-order valence-electron chi connectivity index (χ3n) is 9.41. The summed E-state index contributed by atoms with van der Waals surface area (Å²) >= 11 is 0. The van der Waals surface area contributed by atoms with E-state index in [1.165, 1.54) is 10.8 Å². The molecule has 3 aromatic carbocycles. The molecule has 6 rings (SSSR count). The average Bonchev–Trinajstić information content (AvgIpc) is 3.54. The smallest absolute Gasteiger partial charge is 0.275 e. The Morgan fingerprint density at radius 2 is 1.55 bits per heavy atom. The highest BCUT2D eigenvalue weighted by atomic mass is 32.2. The lowest BCUT2D eigenvalue weighted by Crippen LogP contribution is -2.58. The number of aryl methyl sites for hydroxylation is 2. The summed E-state index contributed by atoms with van der Waals surface area (Å²) in [6, 6.07) is 22.5. The molecule has 256 valence electrons. The van der Waals surface area contributed by atoms with Crippen LogP contribution in [-0.4, -0.2) is 78.1 Å². The van der Waals surface area contributed by atoms with Crippen LogP contribution in [0.3, 0.4) is 0 Å². The van der Waals surface area contributed by atoms with E-state index in [9.17, 15) is 18.0 Å². The molecular weight excluding hydrogens is 641 g/mol. The minimum atomic E-state index is -4.01. The summed E-state index contributed by atoms with van der Waals surface area (Å²) in [5.74, 6) is 1.47. The van der Waals surface area contributed by atoms with Crippen molar-refractivity contribution in [2.45, 2.75) is 44.7 Å². The molecule has 11 heteroatoms. The number of nitrogens with zero attached hydrogens (tertiary/aromatic N) is 4. The van der Waals surface area contributed by atoms with Crippen LogP contribution in [0.15, 0.2) is 94.9 Å². The van der Waals surface area contributed by atoms with Crippen LogP contribution < -0.4 is 15.0 Å². The Hall–Kier alpha value is -4.87. The molecule has 1 aliphatic heterocycles. The number of ether oxygens (including phenoxy) is 2. The van der Waals surface area contributed by atoms with Gasteiger partial charge in [-0.05, 0) is 74.4 Å². The Morgan fingerprint density at radius 3 is 2.18 bits per heavy atom. The van der Waals surface area contributed by atoms with E-state index in [4.69, 9.17) is 9.47 Å². The van der Waals surface area contributed by atoms with Crippen molar-refractivity contribution < 1.29 is 22.7 Å². The van der Waals surface area contributed by atoms with Crippen molar-refractivity contribution in [3.8, 4) is 33.8 Å². The van der Waals surface area contributed by atoms with Crippen molar-refractivity contribution >= 4 is 26.8 Å². The van der Waals surface area contributed by atoms with Crippen LogP contribution in [0.2, 0.25) is 0 Å². The van der Waals surface area contributed by atoms with Crippen LogP contribution in [0.5, 0.6) is 11.5 Å². The van der Waals surface area contributed by atoms with E-state index >= 15 is 0 Å². The third-order valence-corrected chi connectivity index (χ3v) is 11.1. The fourth-order valence-electron chi connectivity index (χ4n) is 6.73. The predicted octanol–water partition coefficient (Wildman–Crippen LogP) is 5.55. The number of amides is 1.